The van der Waals surface area contributed by atoms with Crippen molar-refractivity contribution in [1.82, 2.24) is 29.9 Å². The van der Waals surface area contributed by atoms with Crippen molar-refractivity contribution >= 4 is 23.2 Å². The minimum Gasteiger partial charge on any atom is -0.422 e. The Kier molecular flexibility index (Phi) is 5.42. The second kappa shape index (κ2) is 8.43. The molecule has 1 saturated heterocycles. The molecule has 4 aromatic rings. The molecule has 3 aromatic heterocycles. The van der Waals surface area contributed by atoms with Crippen LogP contribution in [0.15, 0.2) is 47.0 Å². The molecule has 0 N–H and O–H groups in total. The molecule has 1 aliphatic rings. The number of hydrogen-bond donors (Lipinski definition) is 0. The number of benzene rings is 1. The van der Waals surface area contributed by atoms with Crippen LogP contribution in [0.4, 0.5) is 19.2 Å². The Labute approximate surface area is 191 Å². The van der Waals surface area contributed by atoms with Gasteiger partial charge in [-0.25, -0.2) is 9.67 Å². The summed E-state index contributed by atoms with van der Waals surface area (Å²) in [5, 5.41) is 7.29. The van der Waals surface area contributed by atoms with E-state index < -0.39 is 12.7 Å². The van der Waals surface area contributed by atoms with Crippen molar-refractivity contribution in [3.05, 3.63) is 53.9 Å². The fraction of sp³-hybridized carbons (Fsp3) is 0.318. The quantitative estimate of drug-likeness (QED) is 0.451. The number of piperazine rings is 1. The number of nitrogens with zero attached hydrogens (tertiary/aromatic N) is 7. The molecule has 34 heavy (non-hydrogen) atoms. The standard InChI is InChI=1S/C22H20F3N7O2/c1-14-2-7-18-19(26-14)27-21(34-18)31-10-8-30(9-11-31)20(33)16-5-3-15(4-6-16)17-12-32(29-28-17)13-22(23,24)25/h2-7,12H,8-11,13H2,1H3. The van der Waals surface area contributed by atoms with E-state index >= 15 is 0 Å². The van der Waals surface area contributed by atoms with E-state index in [0.29, 0.717) is 60.2 Å². The molecule has 0 atom stereocenters. The van der Waals surface area contributed by atoms with Crippen LogP contribution in [0.5, 0.6) is 0 Å². The van der Waals surface area contributed by atoms with E-state index in [2.05, 4.69) is 20.3 Å². The monoisotopic (exact) mass is 471 g/mol. The molecular formula is C22H20F3N7O2. The zero-order valence-corrected chi connectivity index (χ0v) is 18.2. The lowest BCUT2D eigenvalue weighted by Crippen LogP contribution is -2.48. The molecule has 176 valence electrons. The lowest BCUT2D eigenvalue weighted by atomic mass is 10.1. The molecule has 9 nitrogen and oxygen atoms in total. The topological polar surface area (TPSA) is 93.2 Å². The van der Waals surface area contributed by atoms with E-state index in [1.54, 1.807) is 29.2 Å². The lowest BCUT2D eigenvalue weighted by Gasteiger charge is -2.33. The van der Waals surface area contributed by atoms with E-state index in [1.165, 1.54) is 6.20 Å². The number of aromatic nitrogens is 5. The van der Waals surface area contributed by atoms with E-state index in [4.69, 9.17) is 4.42 Å². The maximum Gasteiger partial charge on any atom is 0.408 e. The molecule has 0 unspecified atom stereocenters. The fourth-order valence-electron chi connectivity index (χ4n) is 3.80. The zero-order chi connectivity index (χ0) is 23.9. The Balaban J connectivity index is 1.21. The van der Waals surface area contributed by atoms with Gasteiger partial charge in [0.15, 0.2) is 5.58 Å². The minimum atomic E-state index is -4.37. The first kappa shape index (κ1) is 21.9. The average Bonchev–Trinajstić information content (AvgIpc) is 3.44. The number of alkyl halides is 3. The second-order valence-electron chi connectivity index (χ2n) is 8.04. The first-order valence-corrected chi connectivity index (χ1v) is 10.6. The summed E-state index contributed by atoms with van der Waals surface area (Å²) in [4.78, 5) is 25.5. The van der Waals surface area contributed by atoms with Gasteiger partial charge in [0.25, 0.3) is 11.9 Å². The van der Waals surface area contributed by atoms with E-state index in [0.717, 1.165) is 10.4 Å². The second-order valence-corrected chi connectivity index (χ2v) is 8.04. The molecule has 5 rings (SSSR count). The number of anilines is 1. The van der Waals surface area contributed by atoms with Gasteiger partial charge < -0.3 is 14.2 Å². The van der Waals surface area contributed by atoms with Crippen LogP contribution in [0.3, 0.4) is 0 Å². The smallest absolute Gasteiger partial charge is 0.408 e. The van der Waals surface area contributed by atoms with Crippen LogP contribution < -0.4 is 4.90 Å². The first-order chi connectivity index (χ1) is 16.2. The Bertz CT molecular complexity index is 1320. The van der Waals surface area contributed by atoms with E-state index in [-0.39, 0.29) is 5.91 Å². The molecule has 1 amide bonds. The number of fused-ring (bicyclic) bond motifs is 1. The van der Waals surface area contributed by atoms with Gasteiger partial charge in [-0.05, 0) is 31.2 Å². The number of amides is 1. The Morgan fingerprint density at radius 2 is 1.76 bits per heavy atom. The fourth-order valence-corrected chi connectivity index (χ4v) is 3.80. The maximum absolute atomic E-state index is 12.9. The van der Waals surface area contributed by atoms with Crippen molar-refractivity contribution in [1.29, 1.82) is 0 Å². The van der Waals surface area contributed by atoms with E-state index in [1.807, 2.05) is 24.0 Å². The summed E-state index contributed by atoms with van der Waals surface area (Å²) >= 11 is 0. The predicted octanol–water partition coefficient (Wildman–Crippen LogP) is 3.31. The highest BCUT2D eigenvalue weighted by molar-refractivity contribution is 5.94. The molecule has 0 saturated carbocycles. The third kappa shape index (κ3) is 4.56. The van der Waals surface area contributed by atoms with Crippen molar-refractivity contribution < 1.29 is 22.4 Å². The van der Waals surface area contributed by atoms with Gasteiger partial charge in [-0.1, -0.05) is 17.3 Å². The summed E-state index contributed by atoms with van der Waals surface area (Å²) in [6, 6.07) is 10.8. The zero-order valence-electron chi connectivity index (χ0n) is 18.2. The van der Waals surface area contributed by atoms with Crippen molar-refractivity contribution in [3.8, 4) is 11.3 Å². The number of oxazole rings is 1. The highest BCUT2D eigenvalue weighted by Crippen LogP contribution is 2.24. The number of carbonyl (C=O) groups is 1. The van der Waals surface area contributed by atoms with Gasteiger partial charge in [0, 0.05) is 43.0 Å². The molecule has 0 radical (unpaired) electrons. The summed E-state index contributed by atoms with van der Waals surface area (Å²) in [5.41, 5.74) is 3.42. The summed E-state index contributed by atoms with van der Waals surface area (Å²) in [5.74, 6) is -0.123. The number of carbonyl (C=O) groups excluding carboxylic acids is 1. The van der Waals surface area contributed by atoms with Crippen LogP contribution >= 0.6 is 0 Å². The van der Waals surface area contributed by atoms with Crippen molar-refractivity contribution in [2.24, 2.45) is 0 Å². The lowest BCUT2D eigenvalue weighted by molar-refractivity contribution is -0.142. The third-order valence-corrected chi connectivity index (χ3v) is 5.53. The maximum atomic E-state index is 12.9. The molecule has 12 heteroatoms. The van der Waals surface area contributed by atoms with E-state index in [9.17, 15) is 18.0 Å². The van der Waals surface area contributed by atoms with Crippen LogP contribution in [0.1, 0.15) is 16.1 Å². The molecule has 1 aromatic carbocycles. The van der Waals surface area contributed by atoms with Crippen molar-refractivity contribution in [3.63, 3.8) is 0 Å². The van der Waals surface area contributed by atoms with Gasteiger partial charge in [-0.3, -0.25) is 4.79 Å². The van der Waals surface area contributed by atoms with Gasteiger partial charge in [0.2, 0.25) is 5.65 Å². The largest absolute Gasteiger partial charge is 0.422 e. The molecule has 0 aliphatic carbocycles. The molecule has 0 spiro atoms. The first-order valence-electron chi connectivity index (χ1n) is 10.6. The van der Waals surface area contributed by atoms with Crippen molar-refractivity contribution in [2.45, 2.75) is 19.6 Å². The van der Waals surface area contributed by atoms with Crippen LogP contribution in [-0.4, -0.2) is 68.1 Å². The normalized spacial score (nSPS) is 14.7. The van der Waals surface area contributed by atoms with Gasteiger partial charge >= 0.3 is 6.18 Å². The number of halogens is 3. The summed E-state index contributed by atoms with van der Waals surface area (Å²) < 4.78 is 44.1. The minimum absolute atomic E-state index is 0.123. The summed E-state index contributed by atoms with van der Waals surface area (Å²) in [7, 11) is 0. The Morgan fingerprint density at radius 1 is 1.03 bits per heavy atom. The van der Waals surface area contributed by atoms with Crippen LogP contribution in [-0.2, 0) is 6.54 Å². The third-order valence-electron chi connectivity index (χ3n) is 5.53. The van der Waals surface area contributed by atoms with Gasteiger partial charge in [-0.15, -0.1) is 5.10 Å². The van der Waals surface area contributed by atoms with Gasteiger partial charge in [-0.2, -0.15) is 18.2 Å². The number of pyridine rings is 1. The summed E-state index contributed by atoms with van der Waals surface area (Å²) in [6.07, 6.45) is -3.14. The highest BCUT2D eigenvalue weighted by atomic mass is 19.4. The summed E-state index contributed by atoms with van der Waals surface area (Å²) in [6.45, 7) is 2.81. The molecule has 0 bridgehead atoms. The van der Waals surface area contributed by atoms with Gasteiger partial charge in [0.05, 0.1) is 6.20 Å². The highest BCUT2D eigenvalue weighted by Gasteiger charge is 2.29. The SMILES string of the molecule is Cc1ccc2oc(N3CCN(C(=O)c4ccc(-c5cn(CC(F)(F)F)nn5)cc4)CC3)nc2n1. The number of aryl methyl sites for hydroxylation is 1. The number of hydrogen-bond acceptors (Lipinski definition) is 7. The van der Waals surface area contributed by atoms with Crippen LogP contribution in [0, 0.1) is 6.92 Å². The Hall–Kier alpha value is -3.96. The molecule has 1 aliphatic heterocycles. The molecule has 4 heterocycles. The van der Waals surface area contributed by atoms with Crippen molar-refractivity contribution in [2.75, 3.05) is 31.1 Å². The Morgan fingerprint density at radius 3 is 2.47 bits per heavy atom. The number of rotatable bonds is 4. The van der Waals surface area contributed by atoms with Crippen LogP contribution in [0.25, 0.3) is 22.5 Å². The molecular weight excluding hydrogens is 451 g/mol. The predicted molar refractivity (Wildman–Crippen MR) is 116 cm³/mol. The molecule has 1 fully saturated rings. The van der Waals surface area contributed by atoms with Crippen LogP contribution in [0.2, 0.25) is 0 Å². The average molecular weight is 471 g/mol. The van der Waals surface area contributed by atoms with Gasteiger partial charge in [0.1, 0.15) is 12.2 Å².